The molecule has 0 saturated carbocycles. The first-order valence-electron chi connectivity index (χ1n) is 16.6. The molecule has 47 heavy (non-hydrogen) atoms. The quantitative estimate of drug-likeness (QED) is 0.152. The maximum Gasteiger partial charge on any atom is 0.410 e. The molecule has 1 aromatic carbocycles. The molecule has 3 aromatic heterocycles. The Balaban J connectivity index is 1.39. The highest BCUT2D eigenvalue weighted by molar-refractivity contribution is 6.76. The van der Waals surface area contributed by atoms with Gasteiger partial charge < -0.3 is 23.8 Å². The standard InChI is InChI=1S/C34H48ClN7O4Si/c1-34(2,3)46-33(44)39(5)23-16-21-10-11-22(17-23)42(21)32-36-30-28(31(43)40(32)6)25(19-41(30)20-45-14-15-47(7,8)9)24-12-13-27-26(29(24)35)18-38(4)37-27/h12-13,18-19,21-23H,10-11,14-17,20H2,1-9H3/t21-,22+,23+. The van der Waals surface area contributed by atoms with Crippen LogP contribution in [-0.2, 0) is 30.3 Å². The van der Waals surface area contributed by atoms with Gasteiger partial charge in [0.1, 0.15) is 12.3 Å². The summed E-state index contributed by atoms with van der Waals surface area (Å²) in [6.07, 6.45) is 7.07. The molecule has 0 N–H and O–H groups in total. The summed E-state index contributed by atoms with van der Waals surface area (Å²) in [5, 5.41) is 6.40. The molecule has 2 aliphatic heterocycles. The predicted molar refractivity (Wildman–Crippen MR) is 190 cm³/mol. The molecule has 0 spiro atoms. The molecule has 0 radical (unpaired) electrons. The first-order valence-corrected chi connectivity index (χ1v) is 20.6. The van der Waals surface area contributed by atoms with Crippen LogP contribution in [0.3, 0.4) is 0 Å². The number of hydrogen-bond donors (Lipinski definition) is 0. The Kier molecular flexibility index (Phi) is 8.76. The van der Waals surface area contributed by atoms with Crippen LogP contribution >= 0.6 is 11.6 Å². The summed E-state index contributed by atoms with van der Waals surface area (Å²) in [6, 6.07) is 5.27. The molecule has 254 valence electrons. The van der Waals surface area contributed by atoms with Crippen LogP contribution < -0.4 is 10.5 Å². The molecule has 6 rings (SSSR count). The molecule has 13 heteroatoms. The number of fused-ring (bicyclic) bond motifs is 4. The maximum atomic E-state index is 14.4. The van der Waals surface area contributed by atoms with Gasteiger partial charge in [-0.15, -0.1) is 0 Å². The topological polar surface area (TPSA) is 99.7 Å². The Hall–Kier alpha value is -3.35. The normalized spacial score (nSPS) is 20.0. The van der Waals surface area contributed by atoms with Crippen LogP contribution in [0.5, 0.6) is 0 Å². The fourth-order valence-electron chi connectivity index (χ4n) is 7.04. The highest BCUT2D eigenvalue weighted by Crippen LogP contribution is 2.42. The number of aryl methyl sites for hydroxylation is 1. The molecule has 4 aromatic rings. The summed E-state index contributed by atoms with van der Waals surface area (Å²) in [7, 11) is 4.22. The minimum Gasteiger partial charge on any atom is -0.444 e. The van der Waals surface area contributed by atoms with Gasteiger partial charge in [0.25, 0.3) is 5.56 Å². The SMILES string of the molecule is CN(C(=O)OC(C)(C)C)[C@H]1C[C@H]2CC[C@@H](C1)N2c1nc2c(c(-c3ccc4nn(C)cc4c3Cl)cn2COCC[Si](C)(C)C)c(=O)n1C. The first kappa shape index (κ1) is 33.5. The average Bonchev–Trinajstić information content (AvgIpc) is 3.61. The number of piperidine rings is 1. The van der Waals surface area contributed by atoms with E-state index in [4.69, 9.17) is 26.1 Å². The largest absolute Gasteiger partial charge is 0.444 e. The van der Waals surface area contributed by atoms with Crippen LogP contribution in [0.25, 0.3) is 33.1 Å². The average molecular weight is 682 g/mol. The summed E-state index contributed by atoms with van der Waals surface area (Å²) in [6.45, 7) is 13.6. The lowest BCUT2D eigenvalue weighted by Gasteiger charge is -2.43. The first-order chi connectivity index (χ1) is 22.0. The van der Waals surface area contributed by atoms with Gasteiger partial charge in [0.15, 0.2) is 5.65 Å². The molecule has 1 amide bonds. The summed E-state index contributed by atoms with van der Waals surface area (Å²) in [4.78, 5) is 36.6. The molecular weight excluding hydrogens is 634 g/mol. The number of benzene rings is 1. The highest BCUT2D eigenvalue weighted by Gasteiger charge is 2.45. The summed E-state index contributed by atoms with van der Waals surface area (Å²) in [5.74, 6) is 0.648. The van der Waals surface area contributed by atoms with Crippen molar-refractivity contribution in [2.45, 2.75) is 103 Å². The van der Waals surface area contributed by atoms with Crippen molar-refractivity contribution in [3.8, 4) is 11.1 Å². The van der Waals surface area contributed by atoms with Crippen molar-refractivity contribution in [3.63, 3.8) is 0 Å². The van der Waals surface area contributed by atoms with E-state index < -0.39 is 13.7 Å². The number of carbonyl (C=O) groups excluding carboxylic acids is 1. The lowest BCUT2D eigenvalue weighted by Crippen LogP contribution is -2.53. The van der Waals surface area contributed by atoms with E-state index in [2.05, 4.69) is 29.6 Å². The van der Waals surface area contributed by atoms with E-state index in [0.717, 1.165) is 53.8 Å². The van der Waals surface area contributed by atoms with Gasteiger partial charge >= 0.3 is 6.09 Å². The van der Waals surface area contributed by atoms with Gasteiger partial charge in [0.05, 0.1) is 15.9 Å². The fraction of sp³-hybridized carbons (Fsp3) is 0.588. The van der Waals surface area contributed by atoms with Crippen molar-refractivity contribution >= 4 is 53.7 Å². The van der Waals surface area contributed by atoms with E-state index in [-0.39, 0.29) is 36.5 Å². The number of aromatic nitrogens is 5. The number of anilines is 1. The van der Waals surface area contributed by atoms with Gasteiger partial charge in [-0.1, -0.05) is 37.3 Å². The van der Waals surface area contributed by atoms with Crippen LogP contribution in [-0.4, -0.2) is 80.3 Å². The summed E-state index contributed by atoms with van der Waals surface area (Å²) in [5.41, 5.74) is 2.18. The molecule has 2 fully saturated rings. The third-order valence-electron chi connectivity index (χ3n) is 9.50. The Labute approximate surface area is 282 Å². The summed E-state index contributed by atoms with van der Waals surface area (Å²) >= 11 is 7.00. The van der Waals surface area contributed by atoms with Gasteiger partial charge in [0, 0.05) is 82.9 Å². The lowest BCUT2D eigenvalue weighted by atomic mass is 9.96. The number of nitrogens with zero attached hydrogens (tertiary/aromatic N) is 7. The van der Waals surface area contributed by atoms with E-state index >= 15 is 0 Å². The predicted octanol–water partition coefficient (Wildman–Crippen LogP) is 6.62. The lowest BCUT2D eigenvalue weighted by molar-refractivity contribution is 0.0186. The zero-order valence-electron chi connectivity index (χ0n) is 29.1. The van der Waals surface area contributed by atoms with Gasteiger partial charge in [-0.3, -0.25) is 14.0 Å². The molecule has 3 atom stereocenters. The molecule has 11 nitrogen and oxygen atoms in total. The van der Waals surface area contributed by atoms with Gasteiger partial charge in [-0.25, -0.2) is 4.79 Å². The highest BCUT2D eigenvalue weighted by atomic mass is 35.5. The van der Waals surface area contributed by atoms with Crippen LogP contribution in [0.2, 0.25) is 30.7 Å². The molecular formula is C34H48ClN7O4Si. The van der Waals surface area contributed by atoms with Crippen molar-refractivity contribution in [3.05, 3.63) is 39.9 Å². The van der Waals surface area contributed by atoms with Gasteiger partial charge in [0.2, 0.25) is 5.95 Å². The van der Waals surface area contributed by atoms with Crippen molar-refractivity contribution in [2.75, 3.05) is 18.6 Å². The fourth-order valence-corrected chi connectivity index (χ4v) is 8.11. The number of rotatable bonds is 8. The molecule has 0 aliphatic carbocycles. The van der Waals surface area contributed by atoms with Crippen molar-refractivity contribution < 1.29 is 14.3 Å². The number of halogens is 1. The summed E-state index contributed by atoms with van der Waals surface area (Å²) < 4.78 is 17.3. The maximum absolute atomic E-state index is 14.4. The van der Waals surface area contributed by atoms with Crippen LogP contribution in [0, 0.1) is 0 Å². The third kappa shape index (κ3) is 6.56. The number of ether oxygens (including phenoxy) is 2. The van der Waals surface area contributed by atoms with E-state index in [9.17, 15) is 9.59 Å². The molecule has 2 saturated heterocycles. The Morgan fingerprint density at radius 1 is 1.09 bits per heavy atom. The minimum atomic E-state index is -1.29. The van der Waals surface area contributed by atoms with E-state index in [1.54, 1.807) is 21.2 Å². The zero-order chi connectivity index (χ0) is 34.0. The molecule has 5 heterocycles. The zero-order valence-corrected chi connectivity index (χ0v) is 30.9. The molecule has 2 aliphatic rings. The monoisotopic (exact) mass is 681 g/mol. The van der Waals surface area contributed by atoms with Gasteiger partial charge in [-0.05, 0) is 58.6 Å². The second-order valence-electron chi connectivity index (χ2n) is 15.5. The van der Waals surface area contributed by atoms with Crippen molar-refractivity contribution in [1.82, 2.24) is 28.8 Å². The number of hydrogen-bond acceptors (Lipinski definition) is 7. The Morgan fingerprint density at radius 3 is 2.40 bits per heavy atom. The smallest absolute Gasteiger partial charge is 0.410 e. The van der Waals surface area contributed by atoms with Crippen molar-refractivity contribution in [2.24, 2.45) is 14.1 Å². The minimum absolute atomic E-state index is 0.0547. The second kappa shape index (κ2) is 12.3. The van der Waals surface area contributed by atoms with E-state index in [0.29, 0.717) is 28.6 Å². The van der Waals surface area contributed by atoms with Crippen LogP contribution in [0.1, 0.15) is 46.5 Å². The van der Waals surface area contributed by atoms with Crippen LogP contribution in [0.15, 0.2) is 29.3 Å². The number of amides is 1. The van der Waals surface area contributed by atoms with Crippen LogP contribution in [0.4, 0.5) is 10.7 Å². The van der Waals surface area contributed by atoms with E-state index in [1.807, 2.05) is 64.0 Å². The third-order valence-corrected chi connectivity index (χ3v) is 11.6. The molecule has 2 bridgehead atoms. The molecule has 0 unspecified atom stereocenters. The Bertz CT molecular complexity index is 1870. The number of carbonyl (C=O) groups is 1. The van der Waals surface area contributed by atoms with Crippen molar-refractivity contribution in [1.29, 1.82) is 0 Å². The van der Waals surface area contributed by atoms with E-state index in [1.165, 1.54) is 0 Å². The second-order valence-corrected chi connectivity index (χ2v) is 21.5. The van der Waals surface area contributed by atoms with Gasteiger partial charge in [-0.2, -0.15) is 10.1 Å². The Morgan fingerprint density at radius 2 is 1.77 bits per heavy atom.